The number of hydrogen-bond acceptors (Lipinski definition) is 6. The van der Waals surface area contributed by atoms with Crippen LogP contribution in [0.5, 0.6) is 0 Å². The van der Waals surface area contributed by atoms with Crippen LogP contribution in [0.3, 0.4) is 0 Å². The average Bonchev–Trinajstić information content (AvgIpc) is 3.28. The van der Waals surface area contributed by atoms with Gasteiger partial charge in [-0.3, -0.25) is 19.5 Å². The fourth-order valence-corrected chi connectivity index (χ4v) is 5.21. The Balaban J connectivity index is 1.24. The van der Waals surface area contributed by atoms with Gasteiger partial charge < -0.3 is 14.8 Å². The predicted octanol–water partition coefficient (Wildman–Crippen LogP) is 1.42. The first-order chi connectivity index (χ1) is 15.7. The maximum atomic E-state index is 12.9. The van der Waals surface area contributed by atoms with Crippen LogP contribution in [0.1, 0.15) is 60.3 Å². The lowest BCUT2D eigenvalue weighted by atomic mass is 9.89. The lowest BCUT2D eigenvalue weighted by molar-refractivity contribution is -0.134. The van der Waals surface area contributed by atoms with Crippen LogP contribution in [0, 0.1) is 5.92 Å². The second-order valence-electron chi connectivity index (χ2n) is 9.14. The summed E-state index contributed by atoms with van der Waals surface area (Å²) in [5, 5.41) is 11.7. The Labute approximate surface area is 188 Å². The second kappa shape index (κ2) is 9.36. The van der Waals surface area contributed by atoms with E-state index in [-0.39, 0.29) is 17.9 Å². The molecule has 1 saturated heterocycles. The largest absolute Gasteiger partial charge is 0.349 e. The van der Waals surface area contributed by atoms with Gasteiger partial charge in [0.25, 0.3) is 5.91 Å². The van der Waals surface area contributed by atoms with E-state index < -0.39 is 0 Å². The van der Waals surface area contributed by atoms with Crippen molar-refractivity contribution in [1.29, 1.82) is 0 Å². The molecule has 1 aliphatic carbocycles. The highest BCUT2D eigenvalue weighted by atomic mass is 16.2. The van der Waals surface area contributed by atoms with E-state index in [0.29, 0.717) is 44.3 Å². The van der Waals surface area contributed by atoms with Crippen LogP contribution in [0.25, 0.3) is 0 Å². The predicted molar refractivity (Wildman–Crippen MR) is 118 cm³/mol. The van der Waals surface area contributed by atoms with Gasteiger partial charge in [0, 0.05) is 51.2 Å². The van der Waals surface area contributed by atoms with Crippen LogP contribution in [0.2, 0.25) is 0 Å². The minimum atomic E-state index is -0.137. The molecular weight excluding hydrogens is 406 g/mol. The number of carbonyl (C=O) groups excluding carboxylic acids is 2. The van der Waals surface area contributed by atoms with Crippen molar-refractivity contribution in [2.75, 3.05) is 32.7 Å². The molecule has 1 atom stereocenters. The molecule has 2 aromatic heterocycles. The molecule has 3 aliphatic rings. The molecule has 0 spiro atoms. The molecule has 5 rings (SSSR count). The SMILES string of the molecule is O=C(NCC1CCCCC1)c1nnc2n1CCN1CCN(C(=O)Cc3ccccn3)CC21. The van der Waals surface area contributed by atoms with Gasteiger partial charge in [0.1, 0.15) is 0 Å². The highest BCUT2D eigenvalue weighted by molar-refractivity contribution is 5.90. The molecule has 170 valence electrons. The number of rotatable bonds is 5. The highest BCUT2D eigenvalue weighted by Gasteiger charge is 2.38. The summed E-state index contributed by atoms with van der Waals surface area (Å²) in [5.74, 6) is 1.69. The number of fused-ring (bicyclic) bond motifs is 3. The number of pyridine rings is 1. The molecule has 0 aromatic carbocycles. The molecule has 32 heavy (non-hydrogen) atoms. The summed E-state index contributed by atoms with van der Waals surface area (Å²) in [6, 6.07) is 5.60. The number of hydrogen-bond donors (Lipinski definition) is 1. The van der Waals surface area contributed by atoms with Gasteiger partial charge in [0.05, 0.1) is 12.5 Å². The molecule has 2 amide bonds. The van der Waals surface area contributed by atoms with Crippen molar-refractivity contribution >= 4 is 11.8 Å². The summed E-state index contributed by atoms with van der Waals surface area (Å²) in [4.78, 5) is 34.2. The van der Waals surface area contributed by atoms with E-state index in [2.05, 4.69) is 25.4 Å². The molecule has 0 bridgehead atoms. The minimum Gasteiger partial charge on any atom is -0.349 e. The lowest BCUT2D eigenvalue weighted by Gasteiger charge is -2.43. The van der Waals surface area contributed by atoms with Crippen molar-refractivity contribution in [1.82, 2.24) is 34.9 Å². The minimum absolute atomic E-state index is 0.0300. The highest BCUT2D eigenvalue weighted by Crippen LogP contribution is 2.29. The monoisotopic (exact) mass is 437 g/mol. The summed E-state index contributed by atoms with van der Waals surface area (Å²) in [7, 11) is 0. The van der Waals surface area contributed by atoms with Gasteiger partial charge in [-0.1, -0.05) is 25.3 Å². The van der Waals surface area contributed by atoms with Gasteiger partial charge >= 0.3 is 0 Å². The normalized spacial score (nSPS) is 21.6. The Morgan fingerprint density at radius 1 is 1.03 bits per heavy atom. The van der Waals surface area contributed by atoms with Crippen LogP contribution in [-0.4, -0.2) is 74.1 Å². The molecule has 2 aliphatic heterocycles. The molecule has 4 heterocycles. The van der Waals surface area contributed by atoms with Crippen molar-refractivity contribution in [2.24, 2.45) is 5.92 Å². The second-order valence-corrected chi connectivity index (χ2v) is 9.14. The number of piperazine rings is 1. The van der Waals surface area contributed by atoms with E-state index in [9.17, 15) is 9.59 Å². The molecule has 0 radical (unpaired) electrons. The van der Waals surface area contributed by atoms with E-state index in [1.165, 1.54) is 32.1 Å². The summed E-state index contributed by atoms with van der Waals surface area (Å²) < 4.78 is 1.95. The van der Waals surface area contributed by atoms with Gasteiger partial charge in [-0.05, 0) is 30.9 Å². The number of amides is 2. The molecular formula is C23H31N7O2. The van der Waals surface area contributed by atoms with Crippen molar-refractivity contribution in [3.05, 3.63) is 41.7 Å². The van der Waals surface area contributed by atoms with Gasteiger partial charge in [-0.15, -0.1) is 10.2 Å². The summed E-state index contributed by atoms with van der Waals surface area (Å²) in [6.45, 7) is 4.31. The van der Waals surface area contributed by atoms with E-state index >= 15 is 0 Å². The van der Waals surface area contributed by atoms with E-state index in [4.69, 9.17) is 0 Å². The van der Waals surface area contributed by atoms with E-state index in [0.717, 1.165) is 24.6 Å². The first-order valence-electron chi connectivity index (χ1n) is 11.8. The van der Waals surface area contributed by atoms with Crippen LogP contribution in [-0.2, 0) is 17.8 Å². The zero-order valence-corrected chi connectivity index (χ0v) is 18.4. The fraction of sp³-hybridized carbons (Fsp3) is 0.609. The van der Waals surface area contributed by atoms with Crippen molar-refractivity contribution in [2.45, 2.75) is 51.1 Å². The van der Waals surface area contributed by atoms with E-state index in [1.54, 1.807) is 6.20 Å². The van der Waals surface area contributed by atoms with Gasteiger partial charge in [0.15, 0.2) is 5.82 Å². The van der Waals surface area contributed by atoms with Crippen LogP contribution >= 0.6 is 0 Å². The van der Waals surface area contributed by atoms with Crippen molar-refractivity contribution in [3.63, 3.8) is 0 Å². The molecule has 1 N–H and O–H groups in total. The van der Waals surface area contributed by atoms with Crippen LogP contribution in [0.15, 0.2) is 24.4 Å². The fourth-order valence-electron chi connectivity index (χ4n) is 5.21. The number of nitrogens with one attached hydrogen (secondary N) is 1. The molecule has 2 fully saturated rings. The maximum Gasteiger partial charge on any atom is 0.289 e. The zero-order chi connectivity index (χ0) is 21.9. The Bertz CT molecular complexity index is 955. The van der Waals surface area contributed by atoms with Crippen molar-refractivity contribution in [3.8, 4) is 0 Å². The molecule has 1 unspecified atom stereocenters. The molecule has 9 nitrogen and oxygen atoms in total. The summed E-state index contributed by atoms with van der Waals surface area (Å²) in [5.41, 5.74) is 0.781. The first-order valence-corrected chi connectivity index (χ1v) is 11.8. The van der Waals surface area contributed by atoms with Gasteiger partial charge in [0.2, 0.25) is 11.7 Å². The molecule has 9 heteroatoms. The first kappa shape index (κ1) is 21.1. The Hall–Kier alpha value is -2.81. The van der Waals surface area contributed by atoms with Crippen LogP contribution in [0.4, 0.5) is 0 Å². The zero-order valence-electron chi connectivity index (χ0n) is 18.4. The summed E-state index contributed by atoms with van der Waals surface area (Å²) >= 11 is 0. The standard InChI is InChI=1S/C23H31N7O2/c31-20(14-18-8-4-5-9-24-18)29-11-10-28-12-13-30-21(19(28)16-29)26-27-22(30)23(32)25-15-17-6-2-1-3-7-17/h4-5,8-9,17,19H,1-3,6-7,10-16H2,(H,25,32). The topological polar surface area (TPSA) is 96.3 Å². The third kappa shape index (κ3) is 4.39. The molecule has 1 saturated carbocycles. The molecule has 2 aromatic rings. The lowest BCUT2D eigenvalue weighted by Crippen LogP contribution is -2.54. The quantitative estimate of drug-likeness (QED) is 0.760. The summed E-state index contributed by atoms with van der Waals surface area (Å²) in [6.07, 6.45) is 8.22. The number of nitrogens with zero attached hydrogens (tertiary/aromatic N) is 6. The Morgan fingerprint density at radius 3 is 2.69 bits per heavy atom. The number of carbonyl (C=O) groups is 2. The van der Waals surface area contributed by atoms with Crippen molar-refractivity contribution < 1.29 is 9.59 Å². The smallest absolute Gasteiger partial charge is 0.289 e. The van der Waals surface area contributed by atoms with Gasteiger partial charge in [-0.25, -0.2) is 0 Å². The average molecular weight is 438 g/mol. The third-order valence-electron chi connectivity index (χ3n) is 7.07. The number of aromatic nitrogens is 4. The third-order valence-corrected chi connectivity index (χ3v) is 7.07. The maximum absolute atomic E-state index is 12.9. The van der Waals surface area contributed by atoms with Crippen LogP contribution < -0.4 is 5.32 Å². The Kier molecular flexibility index (Phi) is 6.16. The van der Waals surface area contributed by atoms with E-state index in [1.807, 2.05) is 27.7 Å². The Morgan fingerprint density at radius 2 is 1.88 bits per heavy atom. The van der Waals surface area contributed by atoms with Gasteiger partial charge in [-0.2, -0.15) is 0 Å².